The lowest BCUT2D eigenvalue weighted by Gasteiger charge is -2.31. The van der Waals surface area contributed by atoms with Crippen LogP contribution in [0.15, 0.2) is 47.4 Å². The Morgan fingerprint density at radius 3 is 2.82 bits per heavy atom. The number of aromatic nitrogens is 3. The van der Waals surface area contributed by atoms with Crippen molar-refractivity contribution < 1.29 is 17.9 Å². The van der Waals surface area contributed by atoms with Crippen LogP contribution in [0, 0.1) is 5.92 Å². The fraction of sp³-hybridized carbons (Fsp3) is 0.435. The van der Waals surface area contributed by atoms with E-state index in [0.29, 0.717) is 31.4 Å². The highest BCUT2D eigenvalue weighted by Crippen LogP contribution is 2.26. The first-order valence-electron chi connectivity index (χ1n) is 11.1. The highest BCUT2D eigenvalue weighted by atomic mass is 32.2. The molecule has 1 aliphatic heterocycles. The Hall–Kier alpha value is -2.98. The number of piperidine rings is 1. The van der Waals surface area contributed by atoms with Gasteiger partial charge in [-0.25, -0.2) is 13.1 Å². The molecule has 1 amide bonds. The molecule has 3 aromatic rings. The third-order valence-electron chi connectivity index (χ3n) is 5.93. The Morgan fingerprint density at radius 1 is 1.24 bits per heavy atom. The van der Waals surface area contributed by atoms with E-state index in [4.69, 9.17) is 4.74 Å². The normalized spacial score (nSPS) is 17.4. The Kier molecular flexibility index (Phi) is 6.66. The zero-order chi connectivity index (χ0) is 23.6. The van der Waals surface area contributed by atoms with Crippen molar-refractivity contribution in [3.63, 3.8) is 0 Å². The molecular formula is C23H29N5O4S. The van der Waals surface area contributed by atoms with Gasteiger partial charge >= 0.3 is 0 Å². The van der Waals surface area contributed by atoms with E-state index < -0.39 is 15.9 Å². The van der Waals surface area contributed by atoms with Crippen molar-refractivity contribution in [2.75, 3.05) is 20.2 Å². The molecular weight excluding hydrogens is 442 g/mol. The van der Waals surface area contributed by atoms with Gasteiger partial charge in [0.2, 0.25) is 15.9 Å². The lowest BCUT2D eigenvalue weighted by molar-refractivity contribution is -0.126. The number of ether oxygens (including phenoxy) is 1. The van der Waals surface area contributed by atoms with Gasteiger partial charge in [-0.15, -0.1) is 5.10 Å². The number of methoxy groups -OCH3 is 1. The summed E-state index contributed by atoms with van der Waals surface area (Å²) in [5.41, 5.74) is 2.25. The number of hydrogen-bond donors (Lipinski definition) is 1. The topological polar surface area (TPSA) is 106 Å². The summed E-state index contributed by atoms with van der Waals surface area (Å²) in [6.07, 6.45) is 1.28. The molecule has 10 heteroatoms. The number of hydrogen-bond acceptors (Lipinski definition) is 6. The number of sulfonamides is 1. The summed E-state index contributed by atoms with van der Waals surface area (Å²) in [5, 5.41) is 11.2. The minimum Gasteiger partial charge on any atom is -0.497 e. The molecule has 9 nitrogen and oxygen atoms in total. The van der Waals surface area contributed by atoms with Crippen molar-refractivity contribution >= 4 is 27.0 Å². The number of fused-ring (bicyclic) bond motifs is 1. The predicted octanol–water partition coefficient (Wildman–Crippen LogP) is 2.74. The van der Waals surface area contributed by atoms with Gasteiger partial charge in [0.1, 0.15) is 11.3 Å². The van der Waals surface area contributed by atoms with Crippen molar-refractivity contribution in [3.05, 3.63) is 48.0 Å². The van der Waals surface area contributed by atoms with Crippen molar-refractivity contribution in [1.82, 2.24) is 24.6 Å². The van der Waals surface area contributed by atoms with E-state index >= 15 is 0 Å². The van der Waals surface area contributed by atoms with Gasteiger partial charge in [0, 0.05) is 25.7 Å². The molecule has 176 valence electrons. The molecule has 0 radical (unpaired) electrons. The Morgan fingerprint density at radius 2 is 2.06 bits per heavy atom. The van der Waals surface area contributed by atoms with E-state index in [-0.39, 0.29) is 23.4 Å². The second kappa shape index (κ2) is 9.48. The smallest absolute Gasteiger partial charge is 0.243 e. The summed E-state index contributed by atoms with van der Waals surface area (Å²) in [5.74, 6) is 0.180. The monoisotopic (exact) mass is 471 g/mol. The second-order valence-electron chi connectivity index (χ2n) is 8.55. The van der Waals surface area contributed by atoms with Gasteiger partial charge < -0.3 is 10.1 Å². The van der Waals surface area contributed by atoms with Crippen molar-refractivity contribution in [1.29, 1.82) is 0 Å². The van der Waals surface area contributed by atoms with Gasteiger partial charge in [-0.05, 0) is 62.6 Å². The van der Waals surface area contributed by atoms with Gasteiger partial charge in [-0.1, -0.05) is 17.3 Å². The first-order chi connectivity index (χ1) is 15.8. The van der Waals surface area contributed by atoms with Crippen LogP contribution in [0.3, 0.4) is 0 Å². The maximum absolute atomic E-state index is 13.3. The summed E-state index contributed by atoms with van der Waals surface area (Å²) in [6, 6.07) is 12.5. The predicted molar refractivity (Wildman–Crippen MR) is 124 cm³/mol. The molecule has 0 spiro atoms. The van der Waals surface area contributed by atoms with Crippen LogP contribution in [-0.2, 0) is 21.4 Å². The van der Waals surface area contributed by atoms with Crippen LogP contribution in [0.25, 0.3) is 11.0 Å². The SMILES string of the molecule is COc1cccc(CNC(=O)C2CCCN(S(=O)(=O)c3ccc4c(c3)nnn4C(C)C)C2)c1. The van der Waals surface area contributed by atoms with Crippen LogP contribution in [0.5, 0.6) is 5.75 Å². The molecule has 33 heavy (non-hydrogen) atoms. The maximum atomic E-state index is 13.3. The minimum atomic E-state index is -3.75. The summed E-state index contributed by atoms with van der Waals surface area (Å²) in [7, 11) is -2.15. The van der Waals surface area contributed by atoms with Gasteiger partial charge in [-0.2, -0.15) is 4.31 Å². The molecule has 1 atom stereocenters. The van der Waals surface area contributed by atoms with Gasteiger partial charge in [0.25, 0.3) is 0 Å². The number of nitrogens with one attached hydrogen (secondary N) is 1. The van der Waals surface area contributed by atoms with Crippen LogP contribution >= 0.6 is 0 Å². The number of rotatable bonds is 7. The second-order valence-corrected chi connectivity index (χ2v) is 10.5. The molecule has 2 heterocycles. The van der Waals surface area contributed by atoms with Crippen LogP contribution in [0.1, 0.15) is 38.3 Å². The molecule has 4 rings (SSSR count). The molecule has 1 fully saturated rings. The number of amides is 1. The highest BCUT2D eigenvalue weighted by Gasteiger charge is 2.33. The molecule has 0 saturated carbocycles. The van der Waals surface area contributed by atoms with E-state index in [1.807, 2.05) is 38.1 Å². The standard InChI is InChI=1S/C23H29N5O4S/c1-16(2)28-22-10-9-20(13-21(22)25-26-28)33(30,31)27-11-5-7-18(15-27)23(29)24-14-17-6-4-8-19(12-17)32-3/h4,6,8-10,12-13,16,18H,5,7,11,14-15H2,1-3H3,(H,24,29). The number of nitrogens with zero attached hydrogens (tertiary/aromatic N) is 4. The Bertz CT molecular complexity index is 1250. The fourth-order valence-corrected chi connectivity index (χ4v) is 5.65. The summed E-state index contributed by atoms with van der Waals surface area (Å²) < 4.78 is 35.0. The zero-order valence-corrected chi connectivity index (χ0v) is 19.9. The van der Waals surface area contributed by atoms with Crippen LogP contribution in [0.4, 0.5) is 0 Å². The lowest BCUT2D eigenvalue weighted by Crippen LogP contribution is -2.45. The maximum Gasteiger partial charge on any atom is 0.243 e. The Balaban J connectivity index is 1.45. The van der Waals surface area contributed by atoms with Crippen molar-refractivity contribution in [3.8, 4) is 5.75 Å². The van der Waals surface area contributed by atoms with Crippen LogP contribution in [-0.4, -0.2) is 53.8 Å². The first kappa shape index (κ1) is 23.2. The molecule has 0 aliphatic carbocycles. The molecule has 0 bridgehead atoms. The van der Waals surface area contributed by atoms with E-state index in [1.165, 1.54) is 4.31 Å². The zero-order valence-electron chi connectivity index (χ0n) is 19.1. The van der Waals surface area contributed by atoms with Gasteiger partial charge in [0.15, 0.2) is 0 Å². The lowest BCUT2D eigenvalue weighted by atomic mass is 9.99. The van der Waals surface area contributed by atoms with E-state index in [1.54, 1.807) is 30.0 Å². The highest BCUT2D eigenvalue weighted by molar-refractivity contribution is 7.89. The number of carbonyl (C=O) groups is 1. The van der Waals surface area contributed by atoms with Crippen molar-refractivity contribution in [2.24, 2.45) is 5.92 Å². The quantitative estimate of drug-likeness (QED) is 0.568. The molecule has 1 N–H and O–H groups in total. The van der Waals surface area contributed by atoms with E-state index in [0.717, 1.165) is 16.8 Å². The number of carbonyl (C=O) groups excluding carboxylic acids is 1. The van der Waals surface area contributed by atoms with Crippen molar-refractivity contribution in [2.45, 2.75) is 44.2 Å². The fourth-order valence-electron chi connectivity index (χ4n) is 4.10. The van der Waals surface area contributed by atoms with E-state index in [9.17, 15) is 13.2 Å². The summed E-state index contributed by atoms with van der Waals surface area (Å²) in [4.78, 5) is 13.0. The first-order valence-corrected chi connectivity index (χ1v) is 12.5. The van der Waals surface area contributed by atoms with Gasteiger partial charge in [0.05, 0.1) is 23.4 Å². The largest absolute Gasteiger partial charge is 0.497 e. The molecule has 2 aromatic carbocycles. The molecule has 1 unspecified atom stereocenters. The van der Waals surface area contributed by atoms with E-state index in [2.05, 4.69) is 15.6 Å². The number of benzene rings is 2. The molecule has 1 saturated heterocycles. The summed E-state index contributed by atoms with van der Waals surface area (Å²) in [6.45, 7) is 4.89. The van der Waals surface area contributed by atoms with Crippen LogP contribution in [0.2, 0.25) is 0 Å². The minimum absolute atomic E-state index is 0.121. The average molecular weight is 472 g/mol. The Labute approximate surface area is 193 Å². The summed E-state index contributed by atoms with van der Waals surface area (Å²) >= 11 is 0. The van der Waals surface area contributed by atoms with Gasteiger partial charge in [-0.3, -0.25) is 4.79 Å². The molecule has 1 aliphatic rings. The average Bonchev–Trinajstić information content (AvgIpc) is 3.26. The third kappa shape index (κ3) is 4.86. The molecule has 1 aromatic heterocycles. The third-order valence-corrected chi connectivity index (χ3v) is 7.79. The van der Waals surface area contributed by atoms with Crippen LogP contribution < -0.4 is 10.1 Å².